The number of nitrogens with one attached hydrogen (secondary N) is 2. The Morgan fingerprint density at radius 3 is 2.52 bits per heavy atom. The van der Waals surface area contributed by atoms with Gasteiger partial charge in [0.1, 0.15) is 17.5 Å². The second kappa shape index (κ2) is 9.47. The standard InChI is InChI=1S/C20H20ClF2N3O3/c1-11-5-4-6-15(26(27)28)14(11)10-29-16-8-7-13(9-12(16)2)18(24)17(20(22)23)19(21)25-3/h4-9,20,24-25H,10H2,1-3H3/b19-17+,24-18?. The van der Waals surface area contributed by atoms with Gasteiger partial charge in [-0.1, -0.05) is 23.7 Å². The first-order valence-corrected chi connectivity index (χ1v) is 8.96. The van der Waals surface area contributed by atoms with Crippen molar-refractivity contribution in [2.24, 2.45) is 0 Å². The van der Waals surface area contributed by atoms with E-state index in [4.69, 9.17) is 21.7 Å². The van der Waals surface area contributed by atoms with Crippen LogP contribution >= 0.6 is 11.6 Å². The summed E-state index contributed by atoms with van der Waals surface area (Å²) in [4.78, 5) is 10.7. The van der Waals surface area contributed by atoms with E-state index in [0.29, 0.717) is 16.9 Å². The van der Waals surface area contributed by atoms with Crippen molar-refractivity contribution in [3.05, 3.63) is 79.5 Å². The van der Waals surface area contributed by atoms with Crippen LogP contribution in [0.4, 0.5) is 14.5 Å². The summed E-state index contributed by atoms with van der Waals surface area (Å²) < 4.78 is 32.3. The number of nitrogens with zero attached hydrogens (tertiary/aromatic N) is 1. The molecule has 0 bridgehead atoms. The lowest BCUT2D eigenvalue weighted by molar-refractivity contribution is -0.385. The Balaban J connectivity index is 2.28. The van der Waals surface area contributed by atoms with Crippen molar-refractivity contribution >= 4 is 23.0 Å². The van der Waals surface area contributed by atoms with Gasteiger partial charge < -0.3 is 10.1 Å². The van der Waals surface area contributed by atoms with E-state index in [1.54, 1.807) is 32.0 Å². The molecule has 2 aromatic carbocycles. The van der Waals surface area contributed by atoms with Crippen LogP contribution in [0.3, 0.4) is 0 Å². The molecule has 0 amide bonds. The van der Waals surface area contributed by atoms with Crippen LogP contribution in [0.25, 0.3) is 0 Å². The molecule has 0 aliphatic rings. The second-order valence-corrected chi connectivity index (χ2v) is 6.63. The Morgan fingerprint density at radius 1 is 1.28 bits per heavy atom. The molecule has 0 saturated heterocycles. The lowest BCUT2D eigenvalue weighted by Gasteiger charge is -2.15. The second-order valence-electron chi connectivity index (χ2n) is 6.25. The molecule has 2 aromatic rings. The van der Waals surface area contributed by atoms with E-state index >= 15 is 0 Å². The molecule has 0 aliphatic carbocycles. The van der Waals surface area contributed by atoms with Gasteiger partial charge in [-0.25, -0.2) is 8.78 Å². The van der Waals surface area contributed by atoms with Crippen LogP contribution in [-0.2, 0) is 6.61 Å². The maximum Gasteiger partial charge on any atom is 0.276 e. The highest BCUT2D eigenvalue weighted by molar-refractivity contribution is 6.32. The van der Waals surface area contributed by atoms with Crippen molar-refractivity contribution in [2.75, 3.05) is 7.05 Å². The van der Waals surface area contributed by atoms with Gasteiger partial charge in [-0.15, -0.1) is 0 Å². The minimum Gasteiger partial charge on any atom is -0.488 e. The molecule has 0 aliphatic heterocycles. The fourth-order valence-corrected chi connectivity index (χ4v) is 2.94. The molecule has 29 heavy (non-hydrogen) atoms. The molecule has 0 aromatic heterocycles. The van der Waals surface area contributed by atoms with Crippen molar-refractivity contribution < 1.29 is 18.4 Å². The van der Waals surface area contributed by atoms with Gasteiger partial charge >= 0.3 is 0 Å². The molecule has 0 saturated carbocycles. The third-order valence-electron chi connectivity index (χ3n) is 4.36. The van der Waals surface area contributed by atoms with Gasteiger partial charge in [0.15, 0.2) is 0 Å². The van der Waals surface area contributed by atoms with Gasteiger partial charge in [-0.2, -0.15) is 0 Å². The van der Waals surface area contributed by atoms with Gasteiger partial charge in [0.2, 0.25) is 0 Å². The van der Waals surface area contributed by atoms with Gasteiger partial charge in [-0.05, 0) is 43.2 Å². The van der Waals surface area contributed by atoms with E-state index in [1.165, 1.54) is 25.2 Å². The summed E-state index contributed by atoms with van der Waals surface area (Å²) in [7, 11) is 1.39. The van der Waals surface area contributed by atoms with Gasteiger partial charge in [0.05, 0.1) is 21.8 Å². The number of halogens is 3. The van der Waals surface area contributed by atoms with Crippen LogP contribution in [0, 0.1) is 29.4 Å². The fraction of sp³-hybridized carbons (Fsp3) is 0.250. The van der Waals surface area contributed by atoms with Crippen molar-refractivity contribution in [1.29, 1.82) is 5.41 Å². The molecular formula is C20H20ClF2N3O3. The SMILES string of the molecule is CN/C(Cl)=C(\C(=N)c1ccc(OCc2c(C)cccc2[N+](=O)[O-])c(C)c1)C(F)F. The summed E-state index contributed by atoms with van der Waals surface area (Å²) in [6.07, 6.45) is -2.92. The van der Waals surface area contributed by atoms with Crippen LogP contribution in [0.1, 0.15) is 22.3 Å². The number of alkyl halides is 2. The molecule has 0 heterocycles. The zero-order valence-corrected chi connectivity index (χ0v) is 16.8. The number of nitro benzene ring substituents is 1. The number of hydrogen-bond donors (Lipinski definition) is 2. The van der Waals surface area contributed by atoms with E-state index in [0.717, 1.165) is 5.56 Å². The molecule has 6 nitrogen and oxygen atoms in total. The first-order valence-electron chi connectivity index (χ1n) is 8.58. The number of nitro groups is 1. The molecule has 0 fully saturated rings. The first kappa shape index (κ1) is 22.3. The van der Waals surface area contributed by atoms with Gasteiger partial charge in [0, 0.05) is 18.7 Å². The third kappa shape index (κ3) is 5.08. The summed E-state index contributed by atoms with van der Waals surface area (Å²) in [6, 6.07) is 9.32. The Morgan fingerprint density at radius 2 is 1.97 bits per heavy atom. The number of rotatable bonds is 8. The lowest BCUT2D eigenvalue weighted by atomic mass is 10.0. The van der Waals surface area contributed by atoms with Crippen molar-refractivity contribution in [2.45, 2.75) is 26.9 Å². The molecule has 9 heteroatoms. The Kier molecular flexibility index (Phi) is 7.28. The van der Waals surface area contributed by atoms with Crippen LogP contribution in [-0.4, -0.2) is 24.1 Å². The number of ether oxygens (including phenoxy) is 1. The summed E-state index contributed by atoms with van der Waals surface area (Å²) in [5.74, 6) is 0.432. The number of aryl methyl sites for hydroxylation is 2. The average Bonchev–Trinajstić information content (AvgIpc) is 2.67. The predicted molar refractivity (Wildman–Crippen MR) is 108 cm³/mol. The predicted octanol–water partition coefficient (Wildman–Crippen LogP) is 5.09. The summed E-state index contributed by atoms with van der Waals surface area (Å²) in [6.45, 7) is 3.44. The quantitative estimate of drug-likeness (QED) is 0.268. The zero-order valence-electron chi connectivity index (χ0n) is 16.1. The average molecular weight is 424 g/mol. The molecular weight excluding hydrogens is 404 g/mol. The van der Waals surface area contributed by atoms with Gasteiger partial charge in [-0.3, -0.25) is 15.5 Å². The fourth-order valence-electron chi connectivity index (χ4n) is 2.77. The summed E-state index contributed by atoms with van der Waals surface area (Å²) in [5, 5.41) is 21.4. The van der Waals surface area contributed by atoms with E-state index in [9.17, 15) is 18.9 Å². The minimum atomic E-state index is -2.92. The normalized spacial score (nSPS) is 11.8. The Labute approximate surface area is 171 Å². The highest BCUT2D eigenvalue weighted by Gasteiger charge is 2.22. The smallest absolute Gasteiger partial charge is 0.276 e. The van der Waals surface area contributed by atoms with E-state index in [1.807, 2.05) is 0 Å². The number of hydrogen-bond acceptors (Lipinski definition) is 5. The van der Waals surface area contributed by atoms with Crippen LogP contribution < -0.4 is 10.1 Å². The van der Waals surface area contributed by atoms with Crippen LogP contribution in [0.15, 0.2) is 47.1 Å². The van der Waals surface area contributed by atoms with Gasteiger partial charge in [0.25, 0.3) is 12.1 Å². The largest absolute Gasteiger partial charge is 0.488 e. The van der Waals surface area contributed by atoms with Crippen molar-refractivity contribution in [3.63, 3.8) is 0 Å². The van der Waals surface area contributed by atoms with Crippen molar-refractivity contribution in [1.82, 2.24) is 5.32 Å². The topological polar surface area (TPSA) is 88.2 Å². The highest BCUT2D eigenvalue weighted by Crippen LogP contribution is 2.27. The molecule has 2 rings (SSSR count). The number of benzene rings is 2. The minimum absolute atomic E-state index is 0.0195. The maximum atomic E-state index is 13.3. The van der Waals surface area contributed by atoms with Crippen LogP contribution in [0.5, 0.6) is 5.75 Å². The Bertz CT molecular complexity index is 977. The molecule has 0 spiro atoms. The lowest BCUT2D eigenvalue weighted by Crippen LogP contribution is -2.17. The Hall–Kier alpha value is -3.00. The molecule has 0 unspecified atom stereocenters. The van der Waals surface area contributed by atoms with E-state index in [-0.39, 0.29) is 23.0 Å². The van der Waals surface area contributed by atoms with Crippen molar-refractivity contribution in [3.8, 4) is 5.75 Å². The molecule has 2 N–H and O–H groups in total. The zero-order chi connectivity index (χ0) is 21.7. The third-order valence-corrected chi connectivity index (χ3v) is 4.75. The maximum absolute atomic E-state index is 13.3. The van der Waals surface area contributed by atoms with Crippen LogP contribution in [0.2, 0.25) is 0 Å². The number of allylic oxidation sites excluding steroid dienone is 1. The molecule has 0 atom stereocenters. The molecule has 154 valence electrons. The monoisotopic (exact) mass is 423 g/mol. The van der Waals surface area contributed by atoms with E-state index in [2.05, 4.69) is 5.32 Å². The highest BCUT2D eigenvalue weighted by atomic mass is 35.5. The first-order chi connectivity index (χ1) is 13.7. The summed E-state index contributed by atoms with van der Waals surface area (Å²) in [5.41, 5.74) is 0.995. The molecule has 0 radical (unpaired) electrons. The van der Waals surface area contributed by atoms with E-state index < -0.39 is 22.6 Å². The summed E-state index contributed by atoms with van der Waals surface area (Å²) >= 11 is 5.78.